The maximum atomic E-state index is 13.6. The first-order chi connectivity index (χ1) is 40.6. The lowest BCUT2D eigenvalue weighted by molar-refractivity contribution is -0.380. The molecule has 35 nitrogen and oxygen atoms in total. The summed E-state index contributed by atoms with van der Waals surface area (Å²) in [7, 11) is 0. The minimum atomic E-state index is -2.22. The van der Waals surface area contributed by atoms with E-state index in [4.69, 9.17) is 94.7 Å². The zero-order valence-corrected chi connectivity index (χ0v) is 49.8. The fourth-order valence-corrected chi connectivity index (χ4v) is 9.40. The van der Waals surface area contributed by atoms with Crippen LogP contribution in [0.1, 0.15) is 96.9 Å². The molecule has 0 aromatic carbocycles. The number of hydrogen-bond acceptors (Lipinski definition) is 34. The number of amides is 1. The van der Waals surface area contributed by atoms with E-state index in [9.17, 15) is 67.1 Å². The highest BCUT2D eigenvalue weighted by molar-refractivity contribution is 5.74. The van der Waals surface area contributed by atoms with Crippen molar-refractivity contribution < 1.29 is 162 Å². The van der Waals surface area contributed by atoms with Crippen LogP contribution in [0.25, 0.3) is 0 Å². The Hall–Kier alpha value is -7.70. The van der Waals surface area contributed by atoms with Gasteiger partial charge in [0, 0.05) is 96.9 Å². The highest BCUT2D eigenvalue weighted by Crippen LogP contribution is 2.40. The van der Waals surface area contributed by atoms with E-state index in [1.165, 1.54) is 0 Å². The third kappa shape index (κ3) is 21.9. The molecular formula is C52H71NO34. The van der Waals surface area contributed by atoms with E-state index in [1.54, 1.807) is 0 Å². The molecule has 4 aliphatic rings. The number of nitrogens with one attached hydrogen (secondary N) is 1. The summed E-state index contributed by atoms with van der Waals surface area (Å²) < 4.78 is 116. The van der Waals surface area contributed by atoms with Crippen LogP contribution in [0.5, 0.6) is 0 Å². The lowest BCUT2D eigenvalue weighted by Crippen LogP contribution is -2.71. The maximum Gasteiger partial charge on any atom is 0.305 e. The van der Waals surface area contributed by atoms with Gasteiger partial charge in [0.15, 0.2) is 61.6 Å². The average Bonchev–Trinajstić information content (AvgIpc) is 1.08. The van der Waals surface area contributed by atoms with Crippen LogP contribution in [0.2, 0.25) is 0 Å². The Bertz CT molecular complexity index is 2540. The molecule has 488 valence electrons. The van der Waals surface area contributed by atoms with Crippen molar-refractivity contribution in [3.8, 4) is 0 Å². The van der Waals surface area contributed by atoms with Gasteiger partial charge in [-0.15, -0.1) is 0 Å². The van der Waals surface area contributed by atoms with Crippen LogP contribution in [-0.4, -0.2) is 233 Å². The Labute approximate surface area is 495 Å². The molecule has 4 heterocycles. The van der Waals surface area contributed by atoms with E-state index < -0.39 is 233 Å². The fourth-order valence-electron chi connectivity index (χ4n) is 9.40. The minimum Gasteiger partial charge on any atom is -0.463 e. The van der Waals surface area contributed by atoms with Gasteiger partial charge in [-0.3, -0.25) is 67.1 Å². The Balaban J connectivity index is 2.09. The second-order valence-corrected chi connectivity index (χ2v) is 19.6. The molecule has 0 aromatic rings. The van der Waals surface area contributed by atoms with Gasteiger partial charge in [0.05, 0.1) is 0 Å². The van der Waals surface area contributed by atoms with Crippen LogP contribution in [0.3, 0.4) is 0 Å². The van der Waals surface area contributed by atoms with Gasteiger partial charge < -0.3 is 100 Å². The molecule has 1 amide bonds. The quantitative estimate of drug-likeness (QED) is 0.0792. The van der Waals surface area contributed by atoms with Gasteiger partial charge in [0.25, 0.3) is 0 Å². The number of ether oxygens (including phenoxy) is 20. The molecule has 0 radical (unpaired) electrons. The molecule has 0 bridgehead atoms. The standard InChI is InChI=1S/C52H71NO34/c1-19(54)53-37-42(86-52-47(78-30(12)65)43(75-27(9)62)39(73-25(7)60)34(84-52)16-69-21(3)56)38(72-24(6)59)33(15-68-20(2)55)81-49(37)87-45-40(74-26(8)61)35(17-70-22(4)57)83-51(48(45)79-31(13)66)85-41-36(18-71-23(5)58)82-50(80-32(14)67)46(77-29(11)64)44(41)76-28(10)63/h33-52H,15-18H2,1-14H3,(H,53,54)/t33-,34-,35-,36-,37-,38-,39+,40+,41-,42-,43+,44+,45+,46-,47-,48-,49+,50-,51+,52+/m1/s1. The van der Waals surface area contributed by atoms with Gasteiger partial charge in [0.2, 0.25) is 18.3 Å². The van der Waals surface area contributed by atoms with Crippen LogP contribution in [0.4, 0.5) is 0 Å². The van der Waals surface area contributed by atoms with Crippen LogP contribution in [-0.2, 0) is 162 Å². The molecule has 20 atom stereocenters. The molecule has 4 aliphatic heterocycles. The lowest BCUT2D eigenvalue weighted by atomic mass is 9.93. The highest BCUT2D eigenvalue weighted by atomic mass is 16.8. The van der Waals surface area contributed by atoms with Crippen molar-refractivity contribution in [2.75, 3.05) is 26.4 Å². The van der Waals surface area contributed by atoms with E-state index in [0.29, 0.717) is 0 Å². The number of carbonyl (C=O) groups excluding carboxylic acids is 14. The lowest BCUT2D eigenvalue weighted by Gasteiger charge is -2.51. The number of hydrogen-bond donors (Lipinski definition) is 1. The van der Waals surface area contributed by atoms with E-state index in [0.717, 1.165) is 96.9 Å². The predicted molar refractivity (Wildman–Crippen MR) is 270 cm³/mol. The first-order valence-corrected chi connectivity index (χ1v) is 26.6. The van der Waals surface area contributed by atoms with Crippen molar-refractivity contribution in [3.05, 3.63) is 0 Å². The van der Waals surface area contributed by atoms with Crippen LogP contribution in [0.15, 0.2) is 0 Å². The summed E-state index contributed by atoms with van der Waals surface area (Å²) in [4.78, 5) is 179. The Morgan fingerprint density at radius 3 is 0.839 bits per heavy atom. The predicted octanol–water partition coefficient (Wildman–Crippen LogP) is -2.18. The van der Waals surface area contributed by atoms with Crippen molar-refractivity contribution in [1.82, 2.24) is 5.32 Å². The van der Waals surface area contributed by atoms with Crippen molar-refractivity contribution in [2.24, 2.45) is 0 Å². The molecule has 4 rings (SSSR count). The van der Waals surface area contributed by atoms with Crippen LogP contribution in [0, 0.1) is 0 Å². The van der Waals surface area contributed by atoms with E-state index in [1.807, 2.05) is 0 Å². The zero-order chi connectivity index (χ0) is 65.3. The SMILES string of the molecule is CC(=O)N[C@H]1[C@H](O[C@H]2[C@@H](OC(C)=O)[C@@H](COC(C)=O)O[C@@H](O[C@H]3[C@H](OC(C)=O)[C@@H](OC(C)=O)[C@H](OC(C)=O)O[C@@H]3COC(C)=O)[C@@H]2OC(C)=O)O[C@H](COC(C)=O)[C@@H](OC(C)=O)[C@@H]1O[C@@H]1O[C@H](COC(C)=O)[C@H](OC(C)=O)[C@H](OC(C)=O)[C@H]1OC(C)=O. The molecule has 4 saturated heterocycles. The Kier molecular flexibility index (Phi) is 27.1. The first-order valence-electron chi connectivity index (χ1n) is 26.6. The second-order valence-electron chi connectivity index (χ2n) is 19.6. The number of carbonyl (C=O) groups is 14. The normalized spacial score (nSPS) is 31.9. The van der Waals surface area contributed by atoms with Crippen LogP contribution < -0.4 is 5.32 Å². The maximum absolute atomic E-state index is 13.6. The van der Waals surface area contributed by atoms with Gasteiger partial charge in [-0.25, -0.2) is 0 Å². The van der Waals surface area contributed by atoms with Crippen molar-refractivity contribution in [3.63, 3.8) is 0 Å². The molecule has 0 aliphatic carbocycles. The van der Waals surface area contributed by atoms with Crippen molar-refractivity contribution in [1.29, 1.82) is 0 Å². The average molecular weight is 1250 g/mol. The molecule has 0 aromatic heterocycles. The third-order valence-electron chi connectivity index (χ3n) is 12.2. The summed E-state index contributed by atoms with van der Waals surface area (Å²) >= 11 is 0. The van der Waals surface area contributed by atoms with E-state index >= 15 is 0 Å². The Morgan fingerprint density at radius 2 is 0.494 bits per heavy atom. The molecule has 0 spiro atoms. The molecule has 35 heteroatoms. The van der Waals surface area contributed by atoms with Crippen molar-refractivity contribution >= 4 is 83.5 Å². The molecule has 0 saturated carbocycles. The summed E-state index contributed by atoms with van der Waals surface area (Å²) in [6.45, 7) is 9.91. The van der Waals surface area contributed by atoms with Gasteiger partial charge in [-0.2, -0.15) is 0 Å². The number of esters is 13. The summed E-state index contributed by atoms with van der Waals surface area (Å²) in [5.74, 6) is -14.4. The molecule has 4 fully saturated rings. The zero-order valence-electron chi connectivity index (χ0n) is 49.8. The fraction of sp³-hybridized carbons (Fsp3) is 0.731. The smallest absolute Gasteiger partial charge is 0.305 e. The molecule has 1 N–H and O–H groups in total. The van der Waals surface area contributed by atoms with Gasteiger partial charge in [-0.05, 0) is 0 Å². The van der Waals surface area contributed by atoms with Crippen molar-refractivity contribution in [2.45, 2.75) is 220 Å². The largest absolute Gasteiger partial charge is 0.463 e. The molecule has 87 heavy (non-hydrogen) atoms. The first kappa shape index (κ1) is 71.8. The highest BCUT2D eigenvalue weighted by Gasteiger charge is 2.61. The molecule has 0 unspecified atom stereocenters. The summed E-state index contributed by atoms with van der Waals surface area (Å²) in [6, 6.07) is -1.98. The van der Waals surface area contributed by atoms with E-state index in [-0.39, 0.29) is 0 Å². The Morgan fingerprint density at radius 1 is 0.253 bits per heavy atom. The van der Waals surface area contributed by atoms with Gasteiger partial charge in [-0.1, -0.05) is 0 Å². The monoisotopic (exact) mass is 1250 g/mol. The minimum absolute atomic E-state index is 0.776. The summed E-state index contributed by atoms with van der Waals surface area (Å²) in [5, 5.41) is 2.53. The van der Waals surface area contributed by atoms with E-state index in [2.05, 4.69) is 5.32 Å². The second kappa shape index (κ2) is 32.9. The summed E-state index contributed by atoms with van der Waals surface area (Å²) in [6.07, 6.45) is -37.2. The topological polar surface area (TPSA) is 436 Å². The number of rotatable bonds is 24. The molecular weight excluding hydrogens is 1180 g/mol. The third-order valence-corrected chi connectivity index (χ3v) is 12.2. The van der Waals surface area contributed by atoms with Gasteiger partial charge >= 0.3 is 77.6 Å². The summed E-state index contributed by atoms with van der Waals surface area (Å²) in [5.41, 5.74) is 0. The van der Waals surface area contributed by atoms with Crippen LogP contribution >= 0.6 is 0 Å². The van der Waals surface area contributed by atoms with Gasteiger partial charge in [0.1, 0.15) is 75.2 Å².